The second-order valence-corrected chi connectivity index (χ2v) is 3.86. The topological polar surface area (TPSA) is 52.6 Å². The third-order valence-corrected chi connectivity index (χ3v) is 1.84. The third kappa shape index (κ3) is 5.56. The highest BCUT2D eigenvalue weighted by Gasteiger charge is 2.24. The lowest BCUT2D eigenvalue weighted by Gasteiger charge is -2.22. The van der Waals surface area contributed by atoms with Gasteiger partial charge in [-0.05, 0) is 27.2 Å². The van der Waals surface area contributed by atoms with Gasteiger partial charge in [0, 0.05) is 0 Å². The molecule has 0 aliphatic carbocycles. The summed E-state index contributed by atoms with van der Waals surface area (Å²) in [5.74, 6) is -0.341. The Morgan fingerprint density at radius 1 is 1.50 bits per heavy atom. The van der Waals surface area contributed by atoms with Crippen molar-refractivity contribution in [2.45, 2.75) is 52.2 Å². The van der Waals surface area contributed by atoms with E-state index >= 15 is 0 Å². The summed E-state index contributed by atoms with van der Waals surface area (Å²) in [7, 11) is 0. The molecular weight excluding hydrogens is 184 g/mol. The highest BCUT2D eigenvalue weighted by molar-refractivity contribution is 5.71. The summed E-state index contributed by atoms with van der Waals surface area (Å²) in [4.78, 5) is 21.4. The first-order valence-corrected chi connectivity index (χ1v) is 4.72. The fourth-order valence-electron chi connectivity index (χ4n) is 0.869. The predicted octanol–water partition coefficient (Wildman–Crippen LogP) is 1.67. The lowest BCUT2D eigenvalue weighted by Crippen LogP contribution is -2.29. The summed E-state index contributed by atoms with van der Waals surface area (Å²) < 4.78 is 9.78. The predicted molar refractivity (Wildman–Crippen MR) is 51.7 cm³/mol. The molecule has 0 aliphatic heterocycles. The van der Waals surface area contributed by atoms with Gasteiger partial charge in [-0.2, -0.15) is 0 Å². The number of hydrogen-bond donors (Lipinski definition) is 0. The van der Waals surface area contributed by atoms with E-state index in [1.165, 1.54) is 0 Å². The zero-order valence-corrected chi connectivity index (χ0v) is 9.20. The van der Waals surface area contributed by atoms with Crippen LogP contribution in [0.5, 0.6) is 0 Å². The highest BCUT2D eigenvalue weighted by Crippen LogP contribution is 2.14. The van der Waals surface area contributed by atoms with Gasteiger partial charge in [0.25, 0.3) is 6.47 Å². The number of rotatable bonds is 6. The average molecular weight is 202 g/mol. The van der Waals surface area contributed by atoms with E-state index in [0.29, 0.717) is 6.47 Å². The maximum Gasteiger partial charge on any atom is 0.310 e. The van der Waals surface area contributed by atoms with Crippen molar-refractivity contribution in [3.05, 3.63) is 0 Å². The van der Waals surface area contributed by atoms with Crippen molar-refractivity contribution >= 4 is 12.4 Å². The van der Waals surface area contributed by atoms with Crippen molar-refractivity contribution in [3.63, 3.8) is 0 Å². The molecule has 0 bridgehead atoms. The molecular formula is C10H18O4. The molecule has 82 valence electrons. The fraction of sp³-hybridized carbons (Fsp3) is 0.800. The van der Waals surface area contributed by atoms with Gasteiger partial charge in [-0.15, -0.1) is 0 Å². The molecule has 0 saturated heterocycles. The molecule has 0 fully saturated rings. The molecule has 1 atom stereocenters. The molecule has 0 aromatic carbocycles. The van der Waals surface area contributed by atoms with Crippen LogP contribution in [0.3, 0.4) is 0 Å². The average Bonchev–Trinajstić information content (AvgIpc) is 2.02. The van der Waals surface area contributed by atoms with E-state index in [2.05, 4.69) is 0 Å². The maximum atomic E-state index is 11.3. The van der Waals surface area contributed by atoms with Crippen LogP contribution in [0.4, 0.5) is 0 Å². The first kappa shape index (κ1) is 12.9. The van der Waals surface area contributed by atoms with Crippen LogP contribution >= 0.6 is 0 Å². The zero-order valence-electron chi connectivity index (χ0n) is 9.20. The van der Waals surface area contributed by atoms with Crippen molar-refractivity contribution in [3.8, 4) is 0 Å². The van der Waals surface area contributed by atoms with Crippen LogP contribution in [0.1, 0.15) is 40.5 Å². The summed E-state index contributed by atoms with van der Waals surface area (Å²) in [6.07, 6.45) is 0.770. The third-order valence-electron chi connectivity index (χ3n) is 1.84. The van der Waals surface area contributed by atoms with Gasteiger partial charge in [-0.25, -0.2) is 0 Å². The van der Waals surface area contributed by atoms with Crippen LogP contribution in [0.2, 0.25) is 0 Å². The summed E-state index contributed by atoms with van der Waals surface area (Å²) >= 11 is 0. The number of ether oxygens (including phenoxy) is 2. The Balaban J connectivity index is 3.98. The molecule has 14 heavy (non-hydrogen) atoms. The molecule has 0 saturated carbocycles. The second-order valence-electron chi connectivity index (χ2n) is 3.86. The van der Waals surface area contributed by atoms with Crippen LogP contribution in [0.15, 0.2) is 0 Å². The van der Waals surface area contributed by atoms with Crippen LogP contribution in [-0.4, -0.2) is 24.1 Å². The molecule has 0 radical (unpaired) electrons. The Morgan fingerprint density at radius 3 is 2.50 bits per heavy atom. The van der Waals surface area contributed by atoms with Gasteiger partial charge in [-0.3, -0.25) is 9.59 Å². The lowest BCUT2D eigenvalue weighted by atomic mass is 10.1. The molecule has 0 amide bonds. The van der Waals surface area contributed by atoms with Crippen molar-refractivity contribution in [1.29, 1.82) is 0 Å². The van der Waals surface area contributed by atoms with Gasteiger partial charge in [0.05, 0.1) is 12.5 Å². The summed E-state index contributed by atoms with van der Waals surface area (Å²) in [5, 5.41) is 0. The smallest absolute Gasteiger partial charge is 0.310 e. The molecule has 0 spiro atoms. The van der Waals surface area contributed by atoms with E-state index in [-0.39, 0.29) is 18.5 Å². The highest BCUT2D eigenvalue weighted by atomic mass is 16.6. The molecule has 0 aromatic rings. The number of carbonyl (C=O) groups excluding carboxylic acids is 2. The Bertz CT molecular complexity index is 198. The minimum atomic E-state index is -0.785. The molecule has 4 nitrogen and oxygen atoms in total. The van der Waals surface area contributed by atoms with Gasteiger partial charge >= 0.3 is 5.97 Å². The molecule has 0 rings (SSSR count). The number of carbonyl (C=O) groups is 2. The first-order chi connectivity index (χ1) is 6.41. The largest absolute Gasteiger partial charge is 0.463 e. The van der Waals surface area contributed by atoms with Crippen molar-refractivity contribution in [2.24, 2.45) is 0 Å². The fourth-order valence-corrected chi connectivity index (χ4v) is 0.869. The maximum absolute atomic E-state index is 11.3. The van der Waals surface area contributed by atoms with Crippen molar-refractivity contribution < 1.29 is 19.1 Å². The minimum absolute atomic E-state index is 0.0794. The van der Waals surface area contributed by atoms with Crippen LogP contribution in [-0.2, 0) is 19.1 Å². The Hall–Kier alpha value is -1.06. The van der Waals surface area contributed by atoms with Crippen LogP contribution < -0.4 is 0 Å². The summed E-state index contributed by atoms with van der Waals surface area (Å²) in [5.41, 5.74) is -0.785. The molecule has 1 unspecified atom stereocenters. The second kappa shape index (κ2) is 5.62. The Kier molecular flexibility index (Phi) is 5.20. The van der Waals surface area contributed by atoms with Gasteiger partial charge < -0.3 is 9.47 Å². The zero-order chi connectivity index (χ0) is 11.2. The standard InChI is InChI=1S/C10H18O4/c1-5-8(2)14-9(12)6-10(3,4)13-7-11/h7-8H,5-6H2,1-4H3. The normalized spacial score (nSPS) is 13.1. The van der Waals surface area contributed by atoms with E-state index in [4.69, 9.17) is 9.47 Å². The number of esters is 1. The summed E-state index contributed by atoms with van der Waals surface area (Å²) in [6, 6.07) is 0. The number of hydrogen-bond acceptors (Lipinski definition) is 4. The van der Waals surface area contributed by atoms with Crippen LogP contribution in [0.25, 0.3) is 0 Å². The van der Waals surface area contributed by atoms with E-state index in [9.17, 15) is 9.59 Å². The molecule has 4 heteroatoms. The van der Waals surface area contributed by atoms with E-state index in [1.54, 1.807) is 13.8 Å². The van der Waals surface area contributed by atoms with Crippen LogP contribution in [0, 0.1) is 0 Å². The Labute approximate surface area is 84.6 Å². The SMILES string of the molecule is CCC(C)OC(=O)CC(C)(C)OC=O. The van der Waals surface area contributed by atoms with Gasteiger partial charge in [-0.1, -0.05) is 6.92 Å². The minimum Gasteiger partial charge on any atom is -0.463 e. The van der Waals surface area contributed by atoms with Gasteiger partial charge in [0.1, 0.15) is 5.60 Å². The monoisotopic (exact) mass is 202 g/mol. The molecule has 0 N–H and O–H groups in total. The van der Waals surface area contributed by atoms with Crippen molar-refractivity contribution in [2.75, 3.05) is 0 Å². The van der Waals surface area contributed by atoms with Crippen molar-refractivity contribution in [1.82, 2.24) is 0 Å². The molecule has 0 heterocycles. The Morgan fingerprint density at radius 2 is 2.07 bits per heavy atom. The lowest BCUT2D eigenvalue weighted by molar-refractivity contribution is -0.157. The van der Waals surface area contributed by atoms with E-state index in [0.717, 1.165) is 6.42 Å². The molecule has 0 aliphatic rings. The van der Waals surface area contributed by atoms with Gasteiger partial charge in [0.2, 0.25) is 0 Å². The molecule has 0 aromatic heterocycles. The first-order valence-electron chi connectivity index (χ1n) is 4.72. The van der Waals surface area contributed by atoms with E-state index < -0.39 is 5.60 Å². The summed E-state index contributed by atoms with van der Waals surface area (Å²) in [6.45, 7) is 7.44. The quantitative estimate of drug-likeness (QED) is 0.485. The van der Waals surface area contributed by atoms with E-state index in [1.807, 2.05) is 13.8 Å². The van der Waals surface area contributed by atoms with Gasteiger partial charge in [0.15, 0.2) is 0 Å².